The molecule has 0 saturated heterocycles. The summed E-state index contributed by atoms with van der Waals surface area (Å²) in [5.41, 5.74) is 1.61. The molecule has 0 atom stereocenters. The van der Waals surface area contributed by atoms with Crippen molar-refractivity contribution in [2.75, 3.05) is 35.6 Å². The molecule has 1 amide bonds. The van der Waals surface area contributed by atoms with E-state index in [9.17, 15) is 18.0 Å². The Morgan fingerprint density at radius 1 is 0.973 bits per heavy atom. The molecule has 0 aliphatic carbocycles. The quantitative estimate of drug-likeness (QED) is 0.265. The van der Waals surface area contributed by atoms with Gasteiger partial charge in [0.2, 0.25) is 5.91 Å². The van der Waals surface area contributed by atoms with Crippen LogP contribution in [0.2, 0.25) is 0 Å². The van der Waals surface area contributed by atoms with Gasteiger partial charge in [-0.05, 0) is 81.1 Å². The number of aryl methyl sites for hydroxylation is 1. The van der Waals surface area contributed by atoms with E-state index in [0.717, 1.165) is 9.20 Å². The van der Waals surface area contributed by atoms with Gasteiger partial charge in [0.05, 0.1) is 29.4 Å². The van der Waals surface area contributed by atoms with E-state index in [2.05, 4.69) is 5.32 Å². The summed E-state index contributed by atoms with van der Waals surface area (Å²) in [5, 5.41) is 2.74. The zero-order chi connectivity index (χ0) is 27.0. The number of esters is 1. The first-order chi connectivity index (χ1) is 17.7. The smallest absolute Gasteiger partial charge is 0.338 e. The molecule has 3 rings (SSSR count). The second-order valence-corrected chi connectivity index (χ2v) is 10.6. The van der Waals surface area contributed by atoms with Crippen molar-refractivity contribution in [1.29, 1.82) is 0 Å². The summed E-state index contributed by atoms with van der Waals surface area (Å²) in [6.45, 7) is 5.30. The number of hydrogen-bond acceptors (Lipinski definition) is 7. The van der Waals surface area contributed by atoms with Gasteiger partial charge in [-0.15, -0.1) is 11.8 Å². The highest BCUT2D eigenvalue weighted by Crippen LogP contribution is 2.33. The maximum absolute atomic E-state index is 13.8. The van der Waals surface area contributed by atoms with Crippen molar-refractivity contribution in [3.05, 3.63) is 77.9 Å². The second-order valence-electron chi connectivity index (χ2n) is 7.89. The highest BCUT2D eigenvalue weighted by atomic mass is 32.2. The monoisotopic (exact) mass is 542 g/mol. The van der Waals surface area contributed by atoms with Crippen LogP contribution in [-0.2, 0) is 19.6 Å². The Hall–Kier alpha value is -3.50. The first-order valence-electron chi connectivity index (χ1n) is 11.7. The molecule has 10 heteroatoms. The van der Waals surface area contributed by atoms with E-state index in [-0.39, 0.29) is 22.8 Å². The predicted molar refractivity (Wildman–Crippen MR) is 146 cm³/mol. The third-order valence-electron chi connectivity index (χ3n) is 5.39. The fraction of sp³-hybridized carbons (Fsp3) is 0.259. The summed E-state index contributed by atoms with van der Waals surface area (Å²) < 4.78 is 39.3. The Bertz CT molecular complexity index is 1360. The summed E-state index contributed by atoms with van der Waals surface area (Å²) >= 11 is 1.50. The number of carbonyl (C=O) groups excluding carboxylic acids is 2. The first kappa shape index (κ1) is 28.1. The number of ether oxygens (including phenoxy) is 2. The van der Waals surface area contributed by atoms with Crippen LogP contribution in [0.1, 0.15) is 29.8 Å². The standard InChI is InChI=1S/C27H30N2O6S2/c1-5-34-25-10-8-7-9-24(25)29(37(32,33)22-15-13-21(36-4)14-16-22)18-26(30)28-23-17-20(12-11-19(23)3)27(31)35-6-2/h7-17H,5-6,18H2,1-4H3,(H,28,30). The van der Waals surface area contributed by atoms with Crippen molar-refractivity contribution in [3.63, 3.8) is 0 Å². The molecule has 1 N–H and O–H groups in total. The van der Waals surface area contributed by atoms with E-state index >= 15 is 0 Å². The molecule has 0 aliphatic rings. The van der Waals surface area contributed by atoms with Crippen LogP contribution < -0.4 is 14.4 Å². The highest BCUT2D eigenvalue weighted by molar-refractivity contribution is 7.98. The van der Waals surface area contributed by atoms with Gasteiger partial charge in [-0.3, -0.25) is 9.10 Å². The summed E-state index contributed by atoms with van der Waals surface area (Å²) in [6.07, 6.45) is 1.90. The Kier molecular flexibility index (Phi) is 9.60. The predicted octanol–water partition coefficient (Wildman–Crippen LogP) is 5.13. The number of nitrogens with one attached hydrogen (secondary N) is 1. The number of sulfonamides is 1. The van der Waals surface area contributed by atoms with Crippen LogP contribution in [0, 0.1) is 6.92 Å². The van der Waals surface area contributed by atoms with Crippen molar-refractivity contribution in [2.45, 2.75) is 30.6 Å². The molecule has 8 nitrogen and oxygen atoms in total. The zero-order valence-electron chi connectivity index (χ0n) is 21.2. The molecule has 0 fully saturated rings. The SMILES string of the molecule is CCOC(=O)c1ccc(C)c(NC(=O)CN(c2ccccc2OCC)S(=O)(=O)c2ccc(SC)cc2)c1. The van der Waals surface area contributed by atoms with Crippen LogP contribution in [0.25, 0.3) is 0 Å². The minimum atomic E-state index is -4.14. The number of anilines is 2. The molecule has 196 valence electrons. The lowest BCUT2D eigenvalue weighted by atomic mass is 10.1. The van der Waals surface area contributed by atoms with Crippen LogP contribution >= 0.6 is 11.8 Å². The summed E-state index contributed by atoms with van der Waals surface area (Å²) in [7, 11) is -4.14. The van der Waals surface area contributed by atoms with Gasteiger partial charge in [0.15, 0.2) is 0 Å². The van der Waals surface area contributed by atoms with Gasteiger partial charge < -0.3 is 14.8 Å². The summed E-state index contributed by atoms with van der Waals surface area (Å²) in [5.74, 6) is -0.760. The maximum atomic E-state index is 13.8. The van der Waals surface area contributed by atoms with Gasteiger partial charge in [0, 0.05) is 10.6 Å². The van der Waals surface area contributed by atoms with Crippen LogP contribution in [0.4, 0.5) is 11.4 Å². The average molecular weight is 543 g/mol. The van der Waals surface area contributed by atoms with Gasteiger partial charge in [-0.2, -0.15) is 0 Å². The van der Waals surface area contributed by atoms with Crippen LogP contribution in [0.15, 0.2) is 76.5 Å². The van der Waals surface area contributed by atoms with Gasteiger partial charge in [-0.1, -0.05) is 18.2 Å². The lowest BCUT2D eigenvalue weighted by Crippen LogP contribution is -2.38. The number of benzene rings is 3. The van der Waals surface area contributed by atoms with Crippen molar-refractivity contribution in [1.82, 2.24) is 0 Å². The largest absolute Gasteiger partial charge is 0.492 e. The lowest BCUT2D eigenvalue weighted by Gasteiger charge is -2.26. The van der Waals surface area contributed by atoms with Gasteiger partial charge >= 0.3 is 5.97 Å². The fourth-order valence-corrected chi connectivity index (χ4v) is 5.37. The van der Waals surface area contributed by atoms with Crippen molar-refractivity contribution < 1.29 is 27.5 Å². The Balaban J connectivity index is 1.99. The number of para-hydroxylation sites is 2. The number of carbonyl (C=O) groups is 2. The third kappa shape index (κ3) is 6.84. The first-order valence-corrected chi connectivity index (χ1v) is 14.3. The molecule has 0 aromatic heterocycles. The van der Waals surface area contributed by atoms with E-state index in [1.165, 1.54) is 30.0 Å². The normalized spacial score (nSPS) is 11.0. The number of hydrogen-bond donors (Lipinski definition) is 1. The van der Waals surface area contributed by atoms with Gasteiger partial charge in [0.1, 0.15) is 12.3 Å². The van der Waals surface area contributed by atoms with E-state index in [4.69, 9.17) is 9.47 Å². The lowest BCUT2D eigenvalue weighted by molar-refractivity contribution is -0.114. The molecule has 3 aromatic carbocycles. The Morgan fingerprint density at radius 2 is 1.68 bits per heavy atom. The molecule has 0 unspecified atom stereocenters. The maximum Gasteiger partial charge on any atom is 0.338 e. The summed E-state index contributed by atoms with van der Waals surface area (Å²) in [6, 6.07) is 17.9. The third-order valence-corrected chi connectivity index (χ3v) is 7.91. The minimum absolute atomic E-state index is 0.0462. The number of rotatable bonds is 11. The number of nitrogens with zero attached hydrogens (tertiary/aromatic N) is 1. The minimum Gasteiger partial charge on any atom is -0.492 e. The molecule has 0 saturated carbocycles. The van der Waals surface area contributed by atoms with E-state index in [1.807, 2.05) is 6.26 Å². The van der Waals surface area contributed by atoms with Gasteiger partial charge in [0.25, 0.3) is 10.0 Å². The molecular weight excluding hydrogens is 512 g/mol. The van der Waals surface area contributed by atoms with Crippen molar-refractivity contribution >= 4 is 45.0 Å². The molecular formula is C27H30N2O6S2. The van der Waals surface area contributed by atoms with Gasteiger partial charge in [-0.25, -0.2) is 13.2 Å². The van der Waals surface area contributed by atoms with Crippen molar-refractivity contribution in [2.24, 2.45) is 0 Å². The molecule has 3 aromatic rings. The second kappa shape index (κ2) is 12.6. The topological polar surface area (TPSA) is 102 Å². The molecule has 0 aliphatic heterocycles. The van der Waals surface area contributed by atoms with E-state index in [0.29, 0.717) is 23.6 Å². The number of amides is 1. The molecule has 0 bridgehead atoms. The molecule has 0 radical (unpaired) electrons. The van der Waals surface area contributed by atoms with E-state index < -0.39 is 28.4 Å². The van der Waals surface area contributed by atoms with E-state index in [1.54, 1.807) is 69.3 Å². The molecule has 37 heavy (non-hydrogen) atoms. The van der Waals surface area contributed by atoms with Crippen molar-refractivity contribution in [3.8, 4) is 5.75 Å². The Morgan fingerprint density at radius 3 is 2.32 bits per heavy atom. The molecule has 0 spiro atoms. The average Bonchev–Trinajstić information content (AvgIpc) is 2.89. The zero-order valence-corrected chi connectivity index (χ0v) is 22.8. The summed E-state index contributed by atoms with van der Waals surface area (Å²) in [4.78, 5) is 26.3. The Labute approximate surface area is 222 Å². The van der Waals surface area contributed by atoms with Crippen LogP contribution in [0.3, 0.4) is 0 Å². The molecule has 0 heterocycles. The van der Waals surface area contributed by atoms with Crippen LogP contribution in [-0.4, -0.2) is 46.3 Å². The fourth-order valence-electron chi connectivity index (χ4n) is 3.53. The number of thioether (sulfide) groups is 1. The van der Waals surface area contributed by atoms with Crippen LogP contribution in [0.5, 0.6) is 5.75 Å². The highest BCUT2D eigenvalue weighted by Gasteiger charge is 2.29.